The molecule has 3 aromatic carbocycles. The summed E-state index contributed by atoms with van der Waals surface area (Å²) in [5.41, 5.74) is 5.21. The summed E-state index contributed by atoms with van der Waals surface area (Å²) < 4.78 is 6.29. The number of nitrogens with one attached hydrogen (secondary N) is 1. The lowest BCUT2D eigenvalue weighted by atomic mass is 9.96. The van der Waals surface area contributed by atoms with Crippen molar-refractivity contribution >= 4 is 5.69 Å². The van der Waals surface area contributed by atoms with Gasteiger partial charge in [0.1, 0.15) is 12.4 Å². The van der Waals surface area contributed by atoms with Crippen molar-refractivity contribution in [2.45, 2.75) is 39.3 Å². The Morgan fingerprint density at radius 1 is 0.794 bits per heavy atom. The number of hydrogen-bond acceptors (Lipinski definition) is 4. The number of hydrogen-bond donors (Lipinski definition) is 1. The van der Waals surface area contributed by atoms with Crippen LogP contribution >= 0.6 is 0 Å². The molecule has 1 N–H and O–H groups in total. The molecule has 0 aromatic heterocycles. The first-order chi connectivity index (χ1) is 16.8. The Hall–Kier alpha value is -2.82. The van der Waals surface area contributed by atoms with Gasteiger partial charge in [0.2, 0.25) is 0 Å². The predicted molar refractivity (Wildman–Crippen MR) is 143 cm³/mol. The molecule has 0 amide bonds. The highest BCUT2D eigenvalue weighted by Gasteiger charge is 2.22. The van der Waals surface area contributed by atoms with E-state index in [0.29, 0.717) is 12.6 Å². The Bertz CT molecular complexity index is 979. The van der Waals surface area contributed by atoms with Crippen molar-refractivity contribution < 1.29 is 4.74 Å². The summed E-state index contributed by atoms with van der Waals surface area (Å²) in [6, 6.07) is 28.6. The van der Waals surface area contributed by atoms with Crippen LogP contribution in [-0.4, -0.2) is 50.2 Å². The summed E-state index contributed by atoms with van der Waals surface area (Å²) in [5.74, 6) is 1.00. The van der Waals surface area contributed by atoms with E-state index in [1.54, 1.807) is 0 Å². The quantitative estimate of drug-likeness (QED) is 0.430. The lowest BCUT2D eigenvalue weighted by molar-refractivity contribution is 0.169. The van der Waals surface area contributed by atoms with Gasteiger partial charge in [0.05, 0.1) is 0 Å². The summed E-state index contributed by atoms with van der Waals surface area (Å²) in [7, 11) is 0. The molecule has 3 aromatic rings. The van der Waals surface area contributed by atoms with E-state index in [1.165, 1.54) is 22.4 Å². The van der Waals surface area contributed by atoms with E-state index in [2.05, 4.69) is 102 Å². The summed E-state index contributed by atoms with van der Waals surface area (Å²) >= 11 is 0. The Labute approximate surface area is 205 Å². The predicted octanol–water partition coefficient (Wildman–Crippen LogP) is 5.17. The average Bonchev–Trinajstić information content (AvgIpc) is 2.90. The van der Waals surface area contributed by atoms with Crippen LogP contribution in [0.15, 0.2) is 78.9 Å². The molecule has 0 spiro atoms. The van der Waals surface area contributed by atoms with Crippen LogP contribution in [0, 0.1) is 0 Å². The van der Waals surface area contributed by atoms with Crippen LogP contribution in [0.1, 0.15) is 30.5 Å². The van der Waals surface area contributed by atoms with Crippen molar-refractivity contribution in [3.63, 3.8) is 0 Å². The molecular weight excluding hydrogens is 418 g/mol. The minimum absolute atomic E-state index is 0.447. The van der Waals surface area contributed by atoms with Gasteiger partial charge in [-0.25, -0.2) is 0 Å². The fraction of sp³-hybridized carbons (Fsp3) is 0.400. The first-order valence-electron chi connectivity index (χ1n) is 12.8. The molecule has 0 bridgehead atoms. The van der Waals surface area contributed by atoms with Gasteiger partial charge in [-0.1, -0.05) is 60.7 Å². The summed E-state index contributed by atoms with van der Waals surface area (Å²) in [6.07, 6.45) is 2.04. The number of benzene rings is 3. The number of nitrogens with zero attached hydrogens (tertiary/aromatic N) is 2. The largest absolute Gasteiger partial charge is 0.489 e. The third kappa shape index (κ3) is 6.62. The zero-order valence-electron chi connectivity index (χ0n) is 20.7. The maximum atomic E-state index is 6.29. The fourth-order valence-corrected chi connectivity index (χ4v) is 4.88. The molecule has 1 atom stereocenters. The second-order valence-electron chi connectivity index (χ2n) is 9.07. The maximum absolute atomic E-state index is 6.29. The van der Waals surface area contributed by atoms with Crippen LogP contribution in [0.3, 0.4) is 0 Å². The molecule has 180 valence electrons. The van der Waals surface area contributed by atoms with Crippen molar-refractivity contribution in [1.29, 1.82) is 0 Å². The van der Waals surface area contributed by atoms with E-state index in [9.17, 15) is 0 Å². The van der Waals surface area contributed by atoms with E-state index in [1.807, 2.05) is 6.07 Å². The Morgan fingerprint density at radius 3 is 2.18 bits per heavy atom. The van der Waals surface area contributed by atoms with Crippen LogP contribution < -0.4 is 15.0 Å². The molecule has 34 heavy (non-hydrogen) atoms. The minimum atomic E-state index is 0.447. The molecule has 1 fully saturated rings. The topological polar surface area (TPSA) is 27.7 Å². The molecule has 4 rings (SSSR count). The maximum Gasteiger partial charge on any atom is 0.123 e. The first-order valence-corrected chi connectivity index (χ1v) is 12.8. The molecule has 4 nitrogen and oxygen atoms in total. The molecule has 1 saturated heterocycles. The molecule has 0 aliphatic carbocycles. The molecule has 1 unspecified atom stereocenters. The molecule has 4 heteroatoms. The third-order valence-electron chi connectivity index (χ3n) is 6.87. The van der Waals surface area contributed by atoms with Gasteiger partial charge in [-0.3, -0.25) is 4.90 Å². The van der Waals surface area contributed by atoms with E-state index in [0.717, 1.165) is 57.9 Å². The number of ether oxygens (including phenoxy) is 1. The van der Waals surface area contributed by atoms with Gasteiger partial charge < -0.3 is 15.0 Å². The number of rotatable bonds is 11. The van der Waals surface area contributed by atoms with Crippen LogP contribution in [0.5, 0.6) is 5.75 Å². The zero-order chi connectivity index (χ0) is 23.6. The second kappa shape index (κ2) is 12.6. The molecule has 0 radical (unpaired) electrons. The Kier molecular flexibility index (Phi) is 9.00. The van der Waals surface area contributed by atoms with Crippen LogP contribution in [0.2, 0.25) is 0 Å². The smallest absolute Gasteiger partial charge is 0.123 e. The molecule has 1 aliphatic heterocycles. The number of para-hydroxylation sites is 1. The zero-order valence-corrected chi connectivity index (χ0v) is 20.7. The van der Waals surface area contributed by atoms with Gasteiger partial charge in [-0.15, -0.1) is 0 Å². The Morgan fingerprint density at radius 2 is 1.47 bits per heavy atom. The normalized spacial score (nSPS) is 15.1. The van der Waals surface area contributed by atoms with Crippen molar-refractivity contribution in [1.82, 2.24) is 10.2 Å². The monoisotopic (exact) mass is 457 g/mol. The highest BCUT2D eigenvalue weighted by molar-refractivity contribution is 5.47. The summed E-state index contributed by atoms with van der Waals surface area (Å²) in [5, 5.41) is 3.51. The fourth-order valence-electron chi connectivity index (χ4n) is 4.88. The number of piperazine rings is 1. The molecule has 1 heterocycles. The van der Waals surface area contributed by atoms with Gasteiger partial charge in [-0.05, 0) is 61.6 Å². The van der Waals surface area contributed by atoms with E-state index < -0.39 is 0 Å². The van der Waals surface area contributed by atoms with Crippen molar-refractivity contribution in [3.8, 4) is 5.75 Å². The van der Waals surface area contributed by atoms with Crippen LogP contribution in [-0.2, 0) is 19.4 Å². The van der Waals surface area contributed by atoms with Crippen LogP contribution in [0.4, 0.5) is 5.69 Å². The summed E-state index contributed by atoms with van der Waals surface area (Å²) in [4.78, 5) is 5.06. The van der Waals surface area contributed by atoms with Gasteiger partial charge >= 0.3 is 0 Å². The molecule has 0 saturated carbocycles. The van der Waals surface area contributed by atoms with E-state index in [4.69, 9.17) is 4.74 Å². The lowest BCUT2D eigenvalue weighted by Crippen LogP contribution is -2.49. The van der Waals surface area contributed by atoms with Crippen molar-refractivity contribution in [3.05, 3.63) is 95.6 Å². The summed E-state index contributed by atoms with van der Waals surface area (Å²) in [6.45, 7) is 11.4. The van der Waals surface area contributed by atoms with E-state index >= 15 is 0 Å². The van der Waals surface area contributed by atoms with E-state index in [-0.39, 0.29) is 0 Å². The third-order valence-corrected chi connectivity index (χ3v) is 6.87. The lowest BCUT2D eigenvalue weighted by Gasteiger charge is -2.35. The highest BCUT2D eigenvalue weighted by atomic mass is 16.5. The molecular formula is C30H39N3O. The second-order valence-corrected chi connectivity index (χ2v) is 9.07. The minimum Gasteiger partial charge on any atom is -0.489 e. The van der Waals surface area contributed by atoms with Gasteiger partial charge in [-0.2, -0.15) is 0 Å². The Balaban J connectivity index is 1.49. The average molecular weight is 458 g/mol. The standard InChI is InChI=1S/C30H39N3O/c1-3-32(4-2)28-16-14-25(15-17-28)22-29(33-20-18-31-19-21-33)23-27-12-8-9-13-30(27)34-24-26-10-6-5-7-11-26/h5-17,29,31H,3-4,18-24H2,1-2H3. The molecule has 1 aliphatic rings. The SMILES string of the molecule is CCN(CC)c1ccc(CC(Cc2ccccc2OCc2ccccc2)N2CCNCC2)cc1. The van der Waals surface area contributed by atoms with Crippen LogP contribution in [0.25, 0.3) is 0 Å². The number of anilines is 1. The van der Waals surface area contributed by atoms with Gasteiger partial charge in [0.15, 0.2) is 0 Å². The van der Waals surface area contributed by atoms with Gasteiger partial charge in [0.25, 0.3) is 0 Å². The first kappa shape index (κ1) is 24.3. The van der Waals surface area contributed by atoms with Crippen molar-refractivity contribution in [2.75, 3.05) is 44.2 Å². The van der Waals surface area contributed by atoms with Gasteiger partial charge in [0, 0.05) is 51.0 Å². The van der Waals surface area contributed by atoms with Crippen molar-refractivity contribution in [2.24, 2.45) is 0 Å². The highest BCUT2D eigenvalue weighted by Crippen LogP contribution is 2.25.